The van der Waals surface area contributed by atoms with E-state index in [1.165, 1.54) is 17.5 Å². The standard InChI is InChI=1S/C15H21NO2/c1-18-13-5-4-11-6-7-15(17,10-12(11)9-13)14-3-2-8-16-14/h4-5,9,14,16-17H,2-3,6-8,10H2,1H3. The first-order chi connectivity index (χ1) is 8.71. The molecule has 0 spiro atoms. The smallest absolute Gasteiger partial charge is 0.119 e. The van der Waals surface area contributed by atoms with Crippen LogP contribution in [0.2, 0.25) is 0 Å². The zero-order valence-corrected chi connectivity index (χ0v) is 10.9. The number of fused-ring (bicyclic) bond motifs is 1. The average molecular weight is 247 g/mol. The lowest BCUT2D eigenvalue weighted by atomic mass is 9.76. The number of aryl methyl sites for hydroxylation is 1. The summed E-state index contributed by atoms with van der Waals surface area (Å²) in [4.78, 5) is 0. The topological polar surface area (TPSA) is 41.5 Å². The lowest BCUT2D eigenvalue weighted by Gasteiger charge is -2.38. The fourth-order valence-corrected chi connectivity index (χ4v) is 3.35. The number of ether oxygens (including phenoxy) is 1. The van der Waals surface area contributed by atoms with Crippen LogP contribution in [0.25, 0.3) is 0 Å². The zero-order valence-electron chi connectivity index (χ0n) is 10.9. The van der Waals surface area contributed by atoms with Crippen molar-refractivity contribution in [3.8, 4) is 5.75 Å². The molecule has 1 fully saturated rings. The van der Waals surface area contributed by atoms with Crippen LogP contribution in [0.4, 0.5) is 0 Å². The van der Waals surface area contributed by atoms with Gasteiger partial charge in [-0.2, -0.15) is 0 Å². The van der Waals surface area contributed by atoms with Crippen molar-refractivity contribution >= 4 is 0 Å². The Bertz CT molecular complexity index is 440. The molecule has 0 bridgehead atoms. The third kappa shape index (κ3) is 2.02. The maximum Gasteiger partial charge on any atom is 0.119 e. The SMILES string of the molecule is COc1ccc2c(c1)CC(O)(C1CCCN1)CC2. The summed E-state index contributed by atoms with van der Waals surface area (Å²) < 4.78 is 5.28. The lowest BCUT2D eigenvalue weighted by molar-refractivity contribution is -0.00515. The van der Waals surface area contributed by atoms with Gasteiger partial charge in [-0.15, -0.1) is 0 Å². The molecule has 98 valence electrons. The Morgan fingerprint density at radius 1 is 1.39 bits per heavy atom. The summed E-state index contributed by atoms with van der Waals surface area (Å²) in [7, 11) is 1.69. The van der Waals surface area contributed by atoms with E-state index in [4.69, 9.17) is 4.74 Å². The molecule has 2 N–H and O–H groups in total. The molecular weight excluding hydrogens is 226 g/mol. The molecule has 1 aromatic rings. The molecule has 1 aliphatic carbocycles. The van der Waals surface area contributed by atoms with Gasteiger partial charge in [0.2, 0.25) is 0 Å². The van der Waals surface area contributed by atoms with Crippen molar-refractivity contribution < 1.29 is 9.84 Å². The molecule has 1 aliphatic heterocycles. The van der Waals surface area contributed by atoms with Crippen LogP contribution < -0.4 is 10.1 Å². The van der Waals surface area contributed by atoms with Gasteiger partial charge in [-0.1, -0.05) is 6.07 Å². The molecule has 0 radical (unpaired) electrons. The van der Waals surface area contributed by atoms with Crippen molar-refractivity contribution in [3.05, 3.63) is 29.3 Å². The Balaban J connectivity index is 1.86. The van der Waals surface area contributed by atoms with E-state index in [1.54, 1.807) is 7.11 Å². The molecule has 3 nitrogen and oxygen atoms in total. The van der Waals surface area contributed by atoms with Gasteiger partial charge in [-0.3, -0.25) is 0 Å². The summed E-state index contributed by atoms with van der Waals surface area (Å²) in [5, 5.41) is 14.3. The van der Waals surface area contributed by atoms with Crippen LogP contribution in [-0.4, -0.2) is 30.4 Å². The number of hydrogen-bond donors (Lipinski definition) is 2. The van der Waals surface area contributed by atoms with Gasteiger partial charge in [0, 0.05) is 12.5 Å². The van der Waals surface area contributed by atoms with E-state index >= 15 is 0 Å². The first kappa shape index (κ1) is 12.0. The summed E-state index contributed by atoms with van der Waals surface area (Å²) in [6, 6.07) is 6.48. The van der Waals surface area contributed by atoms with Gasteiger partial charge in [0.1, 0.15) is 5.75 Å². The van der Waals surface area contributed by atoms with Crippen LogP contribution in [0.3, 0.4) is 0 Å². The summed E-state index contributed by atoms with van der Waals surface area (Å²) in [5.74, 6) is 0.886. The first-order valence-corrected chi connectivity index (χ1v) is 6.83. The number of nitrogens with one attached hydrogen (secondary N) is 1. The second kappa shape index (κ2) is 4.56. The first-order valence-electron chi connectivity index (χ1n) is 6.83. The highest BCUT2D eigenvalue weighted by molar-refractivity contribution is 5.39. The minimum atomic E-state index is -0.574. The van der Waals surface area contributed by atoms with Crippen LogP contribution in [-0.2, 0) is 12.8 Å². The van der Waals surface area contributed by atoms with Crippen LogP contribution in [0.15, 0.2) is 18.2 Å². The van der Waals surface area contributed by atoms with E-state index < -0.39 is 5.60 Å². The van der Waals surface area contributed by atoms with Crippen molar-refractivity contribution in [1.82, 2.24) is 5.32 Å². The minimum absolute atomic E-state index is 0.261. The Kier molecular flexibility index (Phi) is 3.04. The lowest BCUT2D eigenvalue weighted by Crippen LogP contribution is -2.51. The van der Waals surface area contributed by atoms with E-state index in [-0.39, 0.29) is 6.04 Å². The number of aliphatic hydroxyl groups is 1. The van der Waals surface area contributed by atoms with Gasteiger partial charge < -0.3 is 15.2 Å². The number of rotatable bonds is 2. The minimum Gasteiger partial charge on any atom is -0.497 e. The summed E-state index contributed by atoms with van der Waals surface area (Å²) in [5.41, 5.74) is 2.03. The highest BCUT2D eigenvalue weighted by Crippen LogP contribution is 2.35. The molecular formula is C15H21NO2. The number of methoxy groups -OCH3 is 1. The molecule has 18 heavy (non-hydrogen) atoms. The Morgan fingerprint density at radius 2 is 2.28 bits per heavy atom. The van der Waals surface area contributed by atoms with Crippen molar-refractivity contribution in [3.63, 3.8) is 0 Å². The van der Waals surface area contributed by atoms with Crippen molar-refractivity contribution in [2.24, 2.45) is 0 Å². The highest BCUT2D eigenvalue weighted by atomic mass is 16.5. The fourth-order valence-electron chi connectivity index (χ4n) is 3.35. The van der Waals surface area contributed by atoms with Crippen molar-refractivity contribution in [2.45, 2.75) is 43.7 Å². The van der Waals surface area contributed by atoms with E-state index in [2.05, 4.69) is 17.4 Å². The van der Waals surface area contributed by atoms with E-state index in [9.17, 15) is 5.11 Å². The predicted molar refractivity (Wildman–Crippen MR) is 71.0 cm³/mol. The largest absolute Gasteiger partial charge is 0.497 e. The molecule has 0 aromatic heterocycles. The molecule has 1 saturated heterocycles. The van der Waals surface area contributed by atoms with Crippen LogP contribution >= 0.6 is 0 Å². The second-order valence-corrected chi connectivity index (χ2v) is 5.56. The van der Waals surface area contributed by atoms with Crippen LogP contribution in [0, 0.1) is 0 Å². The van der Waals surface area contributed by atoms with E-state index in [0.29, 0.717) is 0 Å². The van der Waals surface area contributed by atoms with Gasteiger partial charge in [0.05, 0.1) is 12.7 Å². The summed E-state index contributed by atoms with van der Waals surface area (Å²) in [6.45, 7) is 1.04. The molecule has 3 heteroatoms. The molecule has 2 unspecified atom stereocenters. The Hall–Kier alpha value is -1.06. The number of hydrogen-bond acceptors (Lipinski definition) is 3. The van der Waals surface area contributed by atoms with Crippen molar-refractivity contribution in [2.75, 3.05) is 13.7 Å². The van der Waals surface area contributed by atoms with E-state index in [1.807, 2.05) is 6.07 Å². The molecule has 1 aromatic carbocycles. The van der Waals surface area contributed by atoms with Gasteiger partial charge in [-0.25, -0.2) is 0 Å². The van der Waals surface area contributed by atoms with Crippen LogP contribution in [0.5, 0.6) is 5.75 Å². The van der Waals surface area contributed by atoms with Crippen LogP contribution in [0.1, 0.15) is 30.4 Å². The molecule has 1 heterocycles. The predicted octanol–water partition coefficient (Wildman–Crippen LogP) is 1.67. The van der Waals surface area contributed by atoms with Gasteiger partial charge in [0.25, 0.3) is 0 Å². The highest BCUT2D eigenvalue weighted by Gasteiger charge is 2.40. The fraction of sp³-hybridized carbons (Fsp3) is 0.600. The normalized spacial score (nSPS) is 31.1. The number of benzene rings is 1. The third-order valence-corrected chi connectivity index (χ3v) is 4.45. The second-order valence-electron chi connectivity index (χ2n) is 5.56. The molecule has 3 rings (SSSR count). The Morgan fingerprint density at radius 3 is 3.00 bits per heavy atom. The molecule has 0 amide bonds. The van der Waals surface area contributed by atoms with Gasteiger partial charge in [0.15, 0.2) is 0 Å². The maximum absolute atomic E-state index is 10.9. The van der Waals surface area contributed by atoms with Gasteiger partial charge >= 0.3 is 0 Å². The monoisotopic (exact) mass is 247 g/mol. The molecule has 0 saturated carbocycles. The summed E-state index contributed by atoms with van der Waals surface area (Å²) >= 11 is 0. The summed E-state index contributed by atoms with van der Waals surface area (Å²) in [6.07, 6.45) is 4.85. The van der Waals surface area contributed by atoms with E-state index in [0.717, 1.165) is 38.0 Å². The Labute approximate surface area is 108 Å². The van der Waals surface area contributed by atoms with Gasteiger partial charge in [-0.05, 0) is 55.5 Å². The third-order valence-electron chi connectivity index (χ3n) is 4.45. The quantitative estimate of drug-likeness (QED) is 0.835. The molecule has 2 aliphatic rings. The average Bonchev–Trinajstić information content (AvgIpc) is 2.92. The molecule has 2 atom stereocenters. The van der Waals surface area contributed by atoms with Crippen molar-refractivity contribution in [1.29, 1.82) is 0 Å². The zero-order chi connectivity index (χ0) is 12.6. The maximum atomic E-state index is 10.9.